The SMILES string of the molecule is COc1cccc(S(C)(=O)=O)c1-c1cccc2ccccc12. The van der Waals surface area contributed by atoms with Crippen LogP contribution in [0.4, 0.5) is 0 Å². The zero-order valence-corrected chi connectivity index (χ0v) is 13.2. The average Bonchev–Trinajstić information content (AvgIpc) is 2.52. The van der Waals surface area contributed by atoms with Crippen molar-refractivity contribution in [1.82, 2.24) is 0 Å². The molecule has 112 valence electrons. The summed E-state index contributed by atoms with van der Waals surface area (Å²) in [4.78, 5) is 0.281. The molecule has 0 aliphatic rings. The number of sulfone groups is 1. The zero-order chi connectivity index (χ0) is 15.7. The Morgan fingerprint density at radius 3 is 2.27 bits per heavy atom. The lowest BCUT2D eigenvalue weighted by Gasteiger charge is -2.15. The quantitative estimate of drug-likeness (QED) is 0.736. The Kier molecular flexibility index (Phi) is 3.62. The lowest BCUT2D eigenvalue weighted by molar-refractivity contribution is 0.415. The third-order valence-electron chi connectivity index (χ3n) is 3.67. The van der Waals surface area contributed by atoms with Crippen molar-refractivity contribution in [3.63, 3.8) is 0 Å². The van der Waals surface area contributed by atoms with Gasteiger partial charge in [0.2, 0.25) is 0 Å². The summed E-state index contributed by atoms with van der Waals surface area (Å²) in [5, 5.41) is 2.06. The first-order valence-corrected chi connectivity index (χ1v) is 8.76. The first-order valence-electron chi connectivity index (χ1n) is 6.87. The summed E-state index contributed by atoms with van der Waals surface area (Å²) < 4.78 is 29.8. The zero-order valence-electron chi connectivity index (χ0n) is 12.4. The van der Waals surface area contributed by atoms with E-state index in [1.54, 1.807) is 25.3 Å². The van der Waals surface area contributed by atoms with Crippen molar-refractivity contribution >= 4 is 20.6 Å². The van der Waals surface area contributed by atoms with E-state index in [0.717, 1.165) is 16.3 Å². The van der Waals surface area contributed by atoms with Crippen LogP contribution < -0.4 is 4.74 Å². The van der Waals surface area contributed by atoms with Gasteiger partial charge in [-0.15, -0.1) is 0 Å². The first-order chi connectivity index (χ1) is 10.5. The van der Waals surface area contributed by atoms with E-state index in [0.29, 0.717) is 11.3 Å². The number of rotatable bonds is 3. The van der Waals surface area contributed by atoms with Gasteiger partial charge < -0.3 is 4.74 Å². The van der Waals surface area contributed by atoms with E-state index in [2.05, 4.69) is 0 Å². The van der Waals surface area contributed by atoms with Gasteiger partial charge in [0.1, 0.15) is 5.75 Å². The van der Waals surface area contributed by atoms with Gasteiger partial charge in [0, 0.05) is 11.8 Å². The topological polar surface area (TPSA) is 43.4 Å². The minimum atomic E-state index is -3.36. The summed E-state index contributed by atoms with van der Waals surface area (Å²) in [7, 11) is -1.81. The molecule has 0 amide bonds. The maximum absolute atomic E-state index is 12.2. The summed E-state index contributed by atoms with van der Waals surface area (Å²) in [6, 6.07) is 18.9. The fourth-order valence-electron chi connectivity index (χ4n) is 2.70. The van der Waals surface area contributed by atoms with E-state index in [1.807, 2.05) is 42.5 Å². The Bertz CT molecular complexity index is 938. The molecule has 0 N–H and O–H groups in total. The molecular formula is C18H16O3S. The molecule has 0 atom stereocenters. The van der Waals surface area contributed by atoms with Crippen molar-refractivity contribution in [3.05, 3.63) is 60.7 Å². The van der Waals surface area contributed by atoms with Crippen molar-refractivity contribution in [2.75, 3.05) is 13.4 Å². The van der Waals surface area contributed by atoms with E-state index in [9.17, 15) is 8.42 Å². The van der Waals surface area contributed by atoms with Crippen LogP contribution >= 0.6 is 0 Å². The molecule has 0 bridgehead atoms. The standard InChI is InChI=1S/C18H16O3S/c1-21-16-11-6-12-17(22(2,19)20)18(16)15-10-5-8-13-7-3-4-9-14(13)15/h3-12H,1-2H3. The summed E-state index contributed by atoms with van der Waals surface area (Å²) in [6.45, 7) is 0. The van der Waals surface area contributed by atoms with E-state index in [-0.39, 0.29) is 4.90 Å². The molecule has 0 aliphatic carbocycles. The maximum Gasteiger partial charge on any atom is 0.176 e. The highest BCUT2D eigenvalue weighted by atomic mass is 32.2. The van der Waals surface area contributed by atoms with Crippen LogP contribution in [0.2, 0.25) is 0 Å². The molecule has 0 saturated carbocycles. The smallest absolute Gasteiger partial charge is 0.176 e. The second-order valence-corrected chi connectivity index (χ2v) is 7.12. The highest BCUT2D eigenvalue weighted by Crippen LogP contribution is 2.39. The van der Waals surface area contributed by atoms with Crippen molar-refractivity contribution in [2.45, 2.75) is 4.90 Å². The second kappa shape index (κ2) is 5.46. The molecule has 0 unspecified atom stereocenters. The van der Waals surface area contributed by atoms with Crippen LogP contribution in [-0.2, 0) is 9.84 Å². The van der Waals surface area contributed by atoms with Crippen molar-refractivity contribution in [1.29, 1.82) is 0 Å². The van der Waals surface area contributed by atoms with Gasteiger partial charge in [-0.25, -0.2) is 8.42 Å². The summed E-state index contributed by atoms with van der Waals surface area (Å²) >= 11 is 0. The molecule has 3 rings (SSSR count). The van der Waals surface area contributed by atoms with E-state index in [1.165, 1.54) is 6.26 Å². The Morgan fingerprint density at radius 2 is 1.55 bits per heavy atom. The van der Waals surface area contributed by atoms with Gasteiger partial charge in [-0.05, 0) is 28.5 Å². The molecule has 0 radical (unpaired) electrons. The molecule has 3 aromatic carbocycles. The first kappa shape index (κ1) is 14.6. The van der Waals surface area contributed by atoms with E-state index >= 15 is 0 Å². The predicted molar refractivity (Wildman–Crippen MR) is 89.0 cm³/mol. The molecule has 0 aromatic heterocycles. The Balaban J connectivity index is 2.45. The molecule has 0 aliphatic heterocycles. The summed E-state index contributed by atoms with van der Waals surface area (Å²) in [5.74, 6) is 0.555. The Labute approximate surface area is 130 Å². The van der Waals surface area contributed by atoms with Crippen LogP contribution in [0.3, 0.4) is 0 Å². The second-order valence-electron chi connectivity index (χ2n) is 5.13. The molecule has 3 aromatic rings. The van der Waals surface area contributed by atoms with Gasteiger partial charge >= 0.3 is 0 Å². The predicted octanol–water partition coefficient (Wildman–Crippen LogP) is 3.92. The maximum atomic E-state index is 12.2. The van der Waals surface area contributed by atoms with Gasteiger partial charge in [0.15, 0.2) is 9.84 Å². The van der Waals surface area contributed by atoms with Gasteiger partial charge in [0.25, 0.3) is 0 Å². The van der Waals surface area contributed by atoms with Crippen molar-refractivity contribution < 1.29 is 13.2 Å². The van der Waals surface area contributed by atoms with Crippen LogP contribution in [0.25, 0.3) is 21.9 Å². The molecule has 0 saturated heterocycles. The minimum absolute atomic E-state index is 0.281. The molecule has 0 spiro atoms. The van der Waals surface area contributed by atoms with Gasteiger partial charge in [-0.3, -0.25) is 0 Å². The Hall–Kier alpha value is -2.33. The van der Waals surface area contributed by atoms with Gasteiger partial charge in [-0.1, -0.05) is 48.5 Å². The highest BCUT2D eigenvalue weighted by molar-refractivity contribution is 7.90. The normalized spacial score (nSPS) is 11.5. The fraction of sp³-hybridized carbons (Fsp3) is 0.111. The van der Waals surface area contributed by atoms with Gasteiger partial charge in [0.05, 0.1) is 12.0 Å². The van der Waals surface area contributed by atoms with Crippen LogP contribution in [-0.4, -0.2) is 21.8 Å². The highest BCUT2D eigenvalue weighted by Gasteiger charge is 2.20. The van der Waals surface area contributed by atoms with Crippen molar-refractivity contribution in [3.8, 4) is 16.9 Å². The number of benzene rings is 3. The van der Waals surface area contributed by atoms with Crippen LogP contribution in [0.1, 0.15) is 0 Å². The summed E-state index contributed by atoms with van der Waals surface area (Å²) in [6.07, 6.45) is 1.22. The fourth-order valence-corrected chi connectivity index (χ4v) is 3.61. The van der Waals surface area contributed by atoms with E-state index < -0.39 is 9.84 Å². The molecular weight excluding hydrogens is 296 g/mol. The lowest BCUT2D eigenvalue weighted by atomic mass is 9.97. The minimum Gasteiger partial charge on any atom is -0.496 e. The lowest BCUT2D eigenvalue weighted by Crippen LogP contribution is -2.02. The number of hydrogen-bond acceptors (Lipinski definition) is 3. The number of hydrogen-bond donors (Lipinski definition) is 0. The monoisotopic (exact) mass is 312 g/mol. The van der Waals surface area contributed by atoms with Gasteiger partial charge in [-0.2, -0.15) is 0 Å². The third-order valence-corrected chi connectivity index (χ3v) is 4.81. The number of fused-ring (bicyclic) bond motifs is 1. The average molecular weight is 312 g/mol. The van der Waals surface area contributed by atoms with Crippen molar-refractivity contribution in [2.24, 2.45) is 0 Å². The van der Waals surface area contributed by atoms with Crippen LogP contribution in [0, 0.1) is 0 Å². The largest absolute Gasteiger partial charge is 0.496 e. The molecule has 0 heterocycles. The number of methoxy groups -OCH3 is 1. The van der Waals surface area contributed by atoms with E-state index in [4.69, 9.17) is 4.74 Å². The molecule has 22 heavy (non-hydrogen) atoms. The third kappa shape index (κ3) is 2.46. The summed E-state index contributed by atoms with van der Waals surface area (Å²) in [5.41, 5.74) is 1.47. The molecule has 0 fully saturated rings. The molecule has 3 nitrogen and oxygen atoms in total. The molecule has 4 heteroatoms. The van der Waals surface area contributed by atoms with Crippen LogP contribution in [0.5, 0.6) is 5.75 Å². The Morgan fingerprint density at radius 1 is 0.864 bits per heavy atom. The number of ether oxygens (including phenoxy) is 1. The van der Waals surface area contributed by atoms with Crippen LogP contribution in [0.15, 0.2) is 65.6 Å².